The molecule has 0 aliphatic rings. The minimum Gasteiger partial charge on any atom is -0.323 e. The van der Waals surface area contributed by atoms with E-state index >= 15 is 0 Å². The highest BCUT2D eigenvalue weighted by atomic mass is 16.6. The average molecular weight is 205 g/mol. The molecule has 2 heterocycles. The van der Waals surface area contributed by atoms with Gasteiger partial charge in [0.2, 0.25) is 0 Å². The molecule has 0 radical (unpaired) electrons. The molecule has 0 fully saturated rings. The van der Waals surface area contributed by atoms with Crippen LogP contribution in [0.1, 0.15) is 19.9 Å². The molecule has 0 aliphatic heterocycles. The second kappa shape index (κ2) is 3.34. The molecule has 0 aliphatic carbocycles. The Morgan fingerprint density at radius 3 is 2.87 bits per heavy atom. The molecule has 0 aromatic carbocycles. The molecule has 0 unspecified atom stereocenters. The Bertz CT molecular complexity index is 516. The molecule has 0 spiro atoms. The smallest absolute Gasteiger partial charge is 0.296 e. The van der Waals surface area contributed by atoms with Gasteiger partial charge in [-0.05, 0) is 26.0 Å². The summed E-state index contributed by atoms with van der Waals surface area (Å²) < 4.78 is 1.81. The van der Waals surface area contributed by atoms with Gasteiger partial charge >= 0.3 is 0 Å². The Balaban J connectivity index is 2.79. The van der Waals surface area contributed by atoms with Gasteiger partial charge in [-0.15, -0.1) is 0 Å². The van der Waals surface area contributed by atoms with Crippen LogP contribution in [-0.4, -0.2) is 14.5 Å². The third-order valence-corrected chi connectivity index (χ3v) is 2.32. The summed E-state index contributed by atoms with van der Waals surface area (Å²) in [6.45, 7) is 3.94. The van der Waals surface area contributed by atoms with E-state index in [1.807, 2.05) is 18.4 Å². The molecule has 0 N–H and O–H groups in total. The van der Waals surface area contributed by atoms with Crippen LogP contribution in [0.2, 0.25) is 0 Å². The largest absolute Gasteiger partial charge is 0.323 e. The topological polar surface area (TPSA) is 61.0 Å². The van der Waals surface area contributed by atoms with E-state index < -0.39 is 0 Å². The predicted octanol–water partition coefficient (Wildman–Crippen LogP) is 2.53. The van der Waals surface area contributed by atoms with Crippen molar-refractivity contribution in [2.24, 2.45) is 0 Å². The standard InChI is InChI=1S/C10H11N3O2/c1-7(2)12-6-9(13(14)15)8-4-3-5-11-10(8)12/h3-7H,1-2H3. The minimum atomic E-state index is -0.372. The van der Waals surface area contributed by atoms with Crippen LogP contribution in [0, 0.1) is 10.1 Å². The van der Waals surface area contributed by atoms with Gasteiger partial charge in [-0.2, -0.15) is 0 Å². The number of fused-ring (bicyclic) bond motifs is 1. The molecule has 5 nitrogen and oxygen atoms in total. The maximum Gasteiger partial charge on any atom is 0.296 e. The molecular formula is C10H11N3O2. The van der Waals surface area contributed by atoms with Crippen LogP contribution in [0.25, 0.3) is 11.0 Å². The van der Waals surface area contributed by atoms with Crippen LogP contribution in [0.4, 0.5) is 5.69 Å². The van der Waals surface area contributed by atoms with Crippen LogP contribution in [0.5, 0.6) is 0 Å². The van der Waals surface area contributed by atoms with Crippen molar-refractivity contribution in [2.45, 2.75) is 19.9 Å². The second-order valence-corrected chi connectivity index (χ2v) is 3.65. The Kier molecular flexibility index (Phi) is 2.15. The Morgan fingerprint density at radius 1 is 1.53 bits per heavy atom. The first-order chi connectivity index (χ1) is 7.11. The van der Waals surface area contributed by atoms with Gasteiger partial charge in [0.15, 0.2) is 0 Å². The lowest BCUT2D eigenvalue weighted by molar-refractivity contribution is -0.383. The van der Waals surface area contributed by atoms with Crippen LogP contribution >= 0.6 is 0 Å². The zero-order chi connectivity index (χ0) is 11.0. The van der Waals surface area contributed by atoms with Crippen molar-refractivity contribution in [3.8, 4) is 0 Å². The van der Waals surface area contributed by atoms with Crippen LogP contribution < -0.4 is 0 Å². The van der Waals surface area contributed by atoms with E-state index in [2.05, 4.69) is 4.98 Å². The summed E-state index contributed by atoms with van der Waals surface area (Å²) in [5, 5.41) is 11.4. The van der Waals surface area contributed by atoms with Crippen molar-refractivity contribution in [1.82, 2.24) is 9.55 Å². The predicted molar refractivity (Wildman–Crippen MR) is 56.8 cm³/mol. The summed E-state index contributed by atoms with van der Waals surface area (Å²) in [6, 6.07) is 3.59. The van der Waals surface area contributed by atoms with E-state index in [9.17, 15) is 10.1 Å². The fourth-order valence-electron chi connectivity index (χ4n) is 1.60. The van der Waals surface area contributed by atoms with E-state index in [-0.39, 0.29) is 16.7 Å². The maximum atomic E-state index is 10.8. The van der Waals surface area contributed by atoms with Crippen molar-refractivity contribution < 1.29 is 4.92 Å². The van der Waals surface area contributed by atoms with Gasteiger partial charge < -0.3 is 4.57 Å². The van der Waals surface area contributed by atoms with Crippen molar-refractivity contribution in [3.05, 3.63) is 34.6 Å². The number of pyridine rings is 1. The molecule has 2 aromatic rings. The maximum absolute atomic E-state index is 10.8. The Labute approximate surface area is 86.5 Å². The minimum absolute atomic E-state index is 0.117. The van der Waals surface area contributed by atoms with Crippen LogP contribution in [0.3, 0.4) is 0 Å². The van der Waals surface area contributed by atoms with Crippen LogP contribution in [-0.2, 0) is 0 Å². The third kappa shape index (κ3) is 1.45. The monoisotopic (exact) mass is 205 g/mol. The summed E-state index contributed by atoms with van der Waals surface area (Å²) in [6.07, 6.45) is 3.19. The van der Waals surface area contributed by atoms with Gasteiger partial charge in [-0.1, -0.05) is 0 Å². The lowest BCUT2D eigenvalue weighted by Gasteiger charge is -2.06. The highest BCUT2D eigenvalue weighted by molar-refractivity contribution is 5.86. The molecule has 0 amide bonds. The van der Waals surface area contributed by atoms with Crippen molar-refractivity contribution in [3.63, 3.8) is 0 Å². The van der Waals surface area contributed by atoms with Gasteiger partial charge in [-0.3, -0.25) is 10.1 Å². The number of aromatic nitrogens is 2. The lowest BCUT2D eigenvalue weighted by Crippen LogP contribution is -1.99. The van der Waals surface area contributed by atoms with E-state index in [1.54, 1.807) is 24.5 Å². The van der Waals surface area contributed by atoms with Gasteiger partial charge in [0, 0.05) is 12.2 Å². The molecule has 0 atom stereocenters. The number of hydrogen-bond acceptors (Lipinski definition) is 3. The molecule has 0 saturated heterocycles. The van der Waals surface area contributed by atoms with E-state index in [4.69, 9.17) is 0 Å². The Morgan fingerprint density at radius 2 is 2.27 bits per heavy atom. The number of hydrogen-bond donors (Lipinski definition) is 0. The zero-order valence-electron chi connectivity index (χ0n) is 8.54. The first-order valence-electron chi connectivity index (χ1n) is 4.71. The highest BCUT2D eigenvalue weighted by Gasteiger charge is 2.18. The van der Waals surface area contributed by atoms with E-state index in [0.717, 1.165) is 0 Å². The third-order valence-electron chi connectivity index (χ3n) is 2.32. The Hall–Kier alpha value is -1.91. The molecule has 0 saturated carbocycles. The van der Waals surface area contributed by atoms with Crippen molar-refractivity contribution in [1.29, 1.82) is 0 Å². The van der Waals surface area contributed by atoms with E-state index in [1.165, 1.54) is 0 Å². The molecular weight excluding hydrogens is 194 g/mol. The summed E-state index contributed by atoms with van der Waals surface area (Å²) in [5.41, 5.74) is 0.783. The summed E-state index contributed by atoms with van der Waals surface area (Å²) in [4.78, 5) is 14.6. The zero-order valence-corrected chi connectivity index (χ0v) is 8.54. The number of rotatable bonds is 2. The van der Waals surface area contributed by atoms with Gasteiger partial charge in [-0.25, -0.2) is 4.98 Å². The summed E-state index contributed by atoms with van der Waals surface area (Å²) in [7, 11) is 0. The fraction of sp³-hybridized carbons (Fsp3) is 0.300. The van der Waals surface area contributed by atoms with Crippen molar-refractivity contribution >= 4 is 16.7 Å². The summed E-state index contributed by atoms with van der Waals surface area (Å²) >= 11 is 0. The van der Waals surface area contributed by atoms with Gasteiger partial charge in [0.05, 0.1) is 16.5 Å². The molecule has 78 valence electrons. The highest BCUT2D eigenvalue weighted by Crippen LogP contribution is 2.28. The number of nitro groups is 1. The first-order valence-corrected chi connectivity index (χ1v) is 4.71. The normalized spacial score (nSPS) is 11.1. The van der Waals surface area contributed by atoms with Crippen LogP contribution in [0.15, 0.2) is 24.5 Å². The molecule has 2 rings (SSSR count). The SMILES string of the molecule is CC(C)n1cc([N+](=O)[O-])c2cccnc21. The van der Waals surface area contributed by atoms with Gasteiger partial charge in [0.25, 0.3) is 5.69 Å². The van der Waals surface area contributed by atoms with E-state index in [0.29, 0.717) is 11.0 Å². The quantitative estimate of drug-likeness (QED) is 0.559. The molecule has 2 aromatic heterocycles. The van der Waals surface area contributed by atoms with Gasteiger partial charge in [0.1, 0.15) is 5.65 Å². The summed E-state index contributed by atoms with van der Waals surface area (Å²) in [5.74, 6) is 0. The average Bonchev–Trinajstić information content (AvgIpc) is 2.56. The number of nitrogens with zero attached hydrogens (tertiary/aromatic N) is 3. The second-order valence-electron chi connectivity index (χ2n) is 3.65. The lowest BCUT2D eigenvalue weighted by atomic mass is 10.3. The molecule has 5 heteroatoms. The fourth-order valence-corrected chi connectivity index (χ4v) is 1.60. The molecule has 0 bridgehead atoms. The molecule has 15 heavy (non-hydrogen) atoms. The first kappa shape index (κ1) is 9.64. The van der Waals surface area contributed by atoms with Crippen molar-refractivity contribution in [2.75, 3.05) is 0 Å².